The lowest BCUT2D eigenvalue weighted by atomic mass is 10.1. The highest BCUT2D eigenvalue weighted by molar-refractivity contribution is 7.89. The van der Waals surface area contributed by atoms with Crippen LogP contribution in [0.4, 0.5) is 0 Å². The molecule has 0 bridgehead atoms. The number of benzene rings is 2. The standard InChI is InChI=1S/C23H22ClN3O3S2/c24-17-7-3-15(4-8-17)19-20(16-5-9-18(10-6-16)32(25,29)30)31-21(26-19)23(11-12-23)22(28)27-13-1-2-14-27/h3-10H,1-2,11-14H2,(H2,25,29,30). The number of thiazole rings is 1. The van der Waals surface area contributed by atoms with Gasteiger partial charge in [-0.2, -0.15) is 0 Å². The van der Waals surface area contributed by atoms with Gasteiger partial charge < -0.3 is 4.90 Å². The fourth-order valence-electron chi connectivity index (χ4n) is 4.19. The molecule has 0 radical (unpaired) electrons. The lowest BCUT2D eigenvalue weighted by molar-refractivity contribution is -0.132. The zero-order valence-corrected chi connectivity index (χ0v) is 19.6. The SMILES string of the molecule is NS(=O)(=O)c1ccc(-c2sc(C3(C(=O)N4CCCC4)CC3)nc2-c2ccc(Cl)cc2)cc1. The third-order valence-corrected chi connectivity index (χ3v) is 8.64. The number of nitrogens with two attached hydrogens (primary N) is 1. The second kappa shape index (κ2) is 7.95. The minimum absolute atomic E-state index is 0.0573. The quantitative estimate of drug-likeness (QED) is 0.576. The van der Waals surface area contributed by atoms with Crippen LogP contribution in [-0.4, -0.2) is 37.3 Å². The molecule has 0 atom stereocenters. The molecule has 2 heterocycles. The first kappa shape index (κ1) is 21.6. The number of primary sulfonamides is 1. The fourth-order valence-corrected chi connectivity index (χ4v) is 6.16. The first-order valence-corrected chi connectivity index (χ1v) is 13.2. The van der Waals surface area contributed by atoms with E-state index in [0.29, 0.717) is 5.02 Å². The number of hydrogen-bond acceptors (Lipinski definition) is 5. The summed E-state index contributed by atoms with van der Waals surface area (Å²) in [5.74, 6) is 0.183. The first-order valence-electron chi connectivity index (χ1n) is 10.5. The smallest absolute Gasteiger partial charge is 0.238 e. The van der Waals surface area contributed by atoms with Crippen molar-refractivity contribution in [2.45, 2.75) is 36.0 Å². The molecule has 3 aromatic rings. The van der Waals surface area contributed by atoms with Crippen molar-refractivity contribution in [2.75, 3.05) is 13.1 Å². The number of hydrogen-bond donors (Lipinski definition) is 1. The van der Waals surface area contributed by atoms with Crippen LogP contribution in [0.3, 0.4) is 0 Å². The van der Waals surface area contributed by atoms with Gasteiger partial charge in [0.15, 0.2) is 0 Å². The molecule has 6 nitrogen and oxygen atoms in total. The number of halogens is 1. The molecule has 0 spiro atoms. The van der Waals surface area contributed by atoms with Gasteiger partial charge in [0.2, 0.25) is 15.9 Å². The van der Waals surface area contributed by atoms with Gasteiger partial charge in [-0.05, 0) is 55.5 Å². The molecule has 1 saturated heterocycles. The second-order valence-electron chi connectivity index (χ2n) is 8.35. The summed E-state index contributed by atoms with van der Waals surface area (Å²) < 4.78 is 23.3. The lowest BCUT2D eigenvalue weighted by Crippen LogP contribution is -2.37. The number of carbonyl (C=O) groups is 1. The van der Waals surface area contributed by atoms with E-state index >= 15 is 0 Å². The molecule has 2 aromatic carbocycles. The summed E-state index contributed by atoms with van der Waals surface area (Å²) >= 11 is 7.59. The summed E-state index contributed by atoms with van der Waals surface area (Å²) in [5.41, 5.74) is 1.96. The highest BCUT2D eigenvalue weighted by Crippen LogP contribution is 2.53. The summed E-state index contributed by atoms with van der Waals surface area (Å²) in [6.07, 6.45) is 3.72. The van der Waals surface area contributed by atoms with Gasteiger partial charge in [-0.3, -0.25) is 4.79 Å². The lowest BCUT2D eigenvalue weighted by Gasteiger charge is -2.21. The molecule has 1 aliphatic carbocycles. The zero-order chi connectivity index (χ0) is 22.5. The van der Waals surface area contributed by atoms with E-state index in [0.717, 1.165) is 65.5 Å². The molecule has 2 N–H and O–H groups in total. The maximum atomic E-state index is 13.3. The van der Waals surface area contributed by atoms with E-state index in [1.165, 1.54) is 23.5 Å². The Morgan fingerprint density at radius 1 is 1.00 bits per heavy atom. The molecule has 5 rings (SSSR count). The Kier molecular flexibility index (Phi) is 5.36. The largest absolute Gasteiger partial charge is 0.342 e. The van der Waals surface area contributed by atoms with E-state index in [4.69, 9.17) is 21.7 Å². The third kappa shape index (κ3) is 3.85. The average Bonchev–Trinajstić information content (AvgIpc) is 3.20. The van der Waals surface area contributed by atoms with Gasteiger partial charge in [-0.1, -0.05) is 35.9 Å². The Bertz CT molecular complexity index is 1280. The molecule has 1 amide bonds. The third-order valence-electron chi connectivity index (χ3n) is 6.15. The van der Waals surface area contributed by atoms with Crippen LogP contribution in [0, 0.1) is 0 Å². The van der Waals surface area contributed by atoms with Gasteiger partial charge in [0.05, 0.1) is 15.5 Å². The molecular weight excluding hydrogens is 466 g/mol. The number of sulfonamides is 1. The van der Waals surface area contributed by atoms with Gasteiger partial charge in [-0.25, -0.2) is 18.5 Å². The van der Waals surface area contributed by atoms with Crippen molar-refractivity contribution in [1.82, 2.24) is 9.88 Å². The molecule has 1 aromatic heterocycles. The van der Waals surface area contributed by atoms with Gasteiger partial charge in [0.1, 0.15) is 10.4 Å². The summed E-state index contributed by atoms with van der Waals surface area (Å²) in [6, 6.07) is 13.9. The first-order chi connectivity index (χ1) is 15.3. The zero-order valence-electron chi connectivity index (χ0n) is 17.3. The van der Waals surface area contributed by atoms with E-state index in [9.17, 15) is 13.2 Å². The Morgan fingerprint density at radius 2 is 1.59 bits per heavy atom. The van der Waals surface area contributed by atoms with Crippen LogP contribution < -0.4 is 5.14 Å². The average molecular weight is 488 g/mol. The topological polar surface area (TPSA) is 93.4 Å². The molecular formula is C23H22ClN3O3S2. The van der Waals surface area contributed by atoms with Gasteiger partial charge in [0, 0.05) is 23.7 Å². The second-order valence-corrected chi connectivity index (χ2v) is 11.4. The Labute approximate surface area is 196 Å². The van der Waals surface area contributed by atoms with Crippen molar-refractivity contribution >= 4 is 38.9 Å². The predicted molar refractivity (Wildman–Crippen MR) is 126 cm³/mol. The summed E-state index contributed by atoms with van der Waals surface area (Å²) in [7, 11) is -3.77. The van der Waals surface area contributed by atoms with E-state index in [1.54, 1.807) is 12.1 Å². The predicted octanol–water partition coefficient (Wildman–Crippen LogP) is 4.43. The number of rotatable bonds is 5. The minimum atomic E-state index is -3.77. The number of aromatic nitrogens is 1. The molecule has 2 aliphatic rings. The molecule has 32 heavy (non-hydrogen) atoms. The van der Waals surface area contributed by atoms with Gasteiger partial charge in [-0.15, -0.1) is 11.3 Å². The molecule has 166 valence electrons. The van der Waals surface area contributed by atoms with Crippen LogP contribution in [0.1, 0.15) is 30.7 Å². The number of nitrogens with zero attached hydrogens (tertiary/aromatic N) is 2. The summed E-state index contributed by atoms with van der Waals surface area (Å²) in [4.78, 5) is 21.2. The van der Waals surface area contributed by atoms with Gasteiger partial charge in [0.25, 0.3) is 0 Å². The maximum absolute atomic E-state index is 13.3. The van der Waals surface area contributed by atoms with E-state index in [-0.39, 0.29) is 10.8 Å². The van der Waals surface area contributed by atoms with E-state index in [2.05, 4.69) is 0 Å². The van der Waals surface area contributed by atoms with Gasteiger partial charge >= 0.3 is 0 Å². The van der Waals surface area contributed by atoms with Crippen molar-refractivity contribution in [3.63, 3.8) is 0 Å². The number of amides is 1. The number of likely N-dealkylation sites (tertiary alicyclic amines) is 1. The maximum Gasteiger partial charge on any atom is 0.238 e. The molecule has 1 saturated carbocycles. The molecule has 0 unspecified atom stereocenters. The van der Waals surface area contributed by atoms with Crippen LogP contribution in [0.15, 0.2) is 53.4 Å². The van der Waals surface area contributed by atoms with E-state index < -0.39 is 15.4 Å². The van der Waals surface area contributed by atoms with Crippen molar-refractivity contribution in [3.8, 4) is 21.7 Å². The minimum Gasteiger partial charge on any atom is -0.342 e. The Balaban J connectivity index is 1.60. The normalized spacial score (nSPS) is 17.5. The van der Waals surface area contributed by atoms with Crippen molar-refractivity contribution in [1.29, 1.82) is 0 Å². The van der Waals surface area contributed by atoms with Crippen LogP contribution in [-0.2, 0) is 20.2 Å². The van der Waals surface area contributed by atoms with Crippen LogP contribution in [0.5, 0.6) is 0 Å². The molecule has 2 fully saturated rings. The van der Waals surface area contributed by atoms with Crippen molar-refractivity contribution < 1.29 is 13.2 Å². The number of carbonyl (C=O) groups excluding carboxylic acids is 1. The highest BCUT2D eigenvalue weighted by Gasteiger charge is 2.56. The molecule has 9 heteroatoms. The van der Waals surface area contributed by atoms with Crippen LogP contribution in [0.25, 0.3) is 21.7 Å². The van der Waals surface area contributed by atoms with Crippen molar-refractivity contribution in [2.24, 2.45) is 5.14 Å². The monoisotopic (exact) mass is 487 g/mol. The van der Waals surface area contributed by atoms with Crippen LogP contribution >= 0.6 is 22.9 Å². The summed E-state index contributed by atoms with van der Waals surface area (Å²) in [6.45, 7) is 1.63. The fraction of sp³-hybridized carbons (Fsp3) is 0.304. The molecule has 1 aliphatic heterocycles. The highest BCUT2D eigenvalue weighted by atomic mass is 35.5. The Hall–Kier alpha value is -2.26. The summed E-state index contributed by atoms with van der Waals surface area (Å²) in [5, 5.41) is 6.71. The van der Waals surface area contributed by atoms with Crippen LogP contribution in [0.2, 0.25) is 5.02 Å². The van der Waals surface area contributed by atoms with E-state index in [1.807, 2.05) is 29.2 Å². The van der Waals surface area contributed by atoms with Crippen molar-refractivity contribution in [3.05, 3.63) is 58.6 Å². The Morgan fingerprint density at radius 3 is 2.16 bits per heavy atom.